The maximum Gasteiger partial charge on any atom is 0.257 e. The topological polar surface area (TPSA) is 76.0 Å². The van der Waals surface area contributed by atoms with Crippen molar-refractivity contribution in [3.05, 3.63) is 48.3 Å². The molecule has 7 heteroatoms. The van der Waals surface area contributed by atoms with Gasteiger partial charge in [0, 0.05) is 37.7 Å². The van der Waals surface area contributed by atoms with E-state index < -0.39 is 5.60 Å². The normalized spacial score (nSPS) is 23.8. The number of phenols is 1. The molecule has 1 atom stereocenters. The average molecular weight is 357 g/mol. The van der Waals surface area contributed by atoms with Gasteiger partial charge < -0.3 is 29.4 Å². The number of phenolic OH excluding ortho intramolecular Hbond substituents is 1. The van der Waals surface area contributed by atoms with E-state index in [1.54, 1.807) is 23.1 Å². The Labute approximate surface area is 152 Å². The van der Waals surface area contributed by atoms with Gasteiger partial charge in [0.15, 0.2) is 0 Å². The van der Waals surface area contributed by atoms with Crippen LogP contribution in [0.3, 0.4) is 0 Å². The van der Waals surface area contributed by atoms with Crippen LogP contribution in [-0.2, 0) is 9.47 Å². The summed E-state index contributed by atoms with van der Waals surface area (Å²) in [7, 11) is 0. The second-order valence-electron chi connectivity index (χ2n) is 6.78. The fraction of sp³-hybridized carbons (Fsp3) is 0.421. The van der Waals surface area contributed by atoms with E-state index >= 15 is 0 Å². The molecule has 2 fully saturated rings. The predicted molar refractivity (Wildman–Crippen MR) is 95.7 cm³/mol. The Bertz CT molecular complexity index is 767. The molecule has 3 heterocycles. The molecular weight excluding hydrogens is 334 g/mol. The molecule has 0 bridgehead atoms. The Morgan fingerprint density at radius 3 is 2.92 bits per heavy atom. The molecule has 0 unspecified atom stereocenters. The molecule has 2 aromatic rings. The number of amides is 1. The second-order valence-corrected chi connectivity index (χ2v) is 6.78. The highest BCUT2D eigenvalue weighted by atomic mass is 16.5. The fourth-order valence-corrected chi connectivity index (χ4v) is 3.52. The first kappa shape index (κ1) is 17.1. The van der Waals surface area contributed by atoms with Crippen molar-refractivity contribution in [1.82, 2.24) is 14.8 Å². The Morgan fingerprint density at radius 1 is 1.23 bits per heavy atom. The van der Waals surface area contributed by atoms with Gasteiger partial charge in [-0.2, -0.15) is 0 Å². The quantitative estimate of drug-likeness (QED) is 0.839. The third kappa shape index (κ3) is 3.33. The van der Waals surface area contributed by atoms with E-state index in [0.29, 0.717) is 45.0 Å². The molecule has 26 heavy (non-hydrogen) atoms. The van der Waals surface area contributed by atoms with E-state index in [0.717, 1.165) is 12.2 Å². The Kier molecular flexibility index (Phi) is 4.67. The molecule has 0 saturated carbocycles. The lowest BCUT2D eigenvalue weighted by Crippen LogP contribution is -2.59. The molecule has 0 aliphatic carbocycles. The first-order valence-electron chi connectivity index (χ1n) is 8.85. The number of aromatic hydroxyl groups is 1. The van der Waals surface area contributed by atoms with Crippen LogP contribution in [0, 0.1) is 0 Å². The number of carbonyl (C=O) groups is 1. The zero-order valence-corrected chi connectivity index (χ0v) is 14.6. The van der Waals surface area contributed by atoms with Crippen LogP contribution in [-0.4, -0.2) is 72.1 Å². The third-order valence-electron chi connectivity index (χ3n) is 4.88. The van der Waals surface area contributed by atoms with Gasteiger partial charge in [0.05, 0.1) is 31.9 Å². The Hall–Kier alpha value is -2.35. The van der Waals surface area contributed by atoms with Crippen LogP contribution >= 0.6 is 0 Å². The molecule has 138 valence electrons. The van der Waals surface area contributed by atoms with Crippen LogP contribution < -0.4 is 5.32 Å². The summed E-state index contributed by atoms with van der Waals surface area (Å²) in [5, 5.41) is 13.6. The number of morpholine rings is 1. The van der Waals surface area contributed by atoms with E-state index in [1.165, 1.54) is 0 Å². The molecule has 4 rings (SSSR count). The van der Waals surface area contributed by atoms with Gasteiger partial charge in [0.1, 0.15) is 11.4 Å². The Balaban J connectivity index is 1.58. The lowest BCUT2D eigenvalue weighted by molar-refractivity contribution is -0.125. The minimum atomic E-state index is -0.530. The summed E-state index contributed by atoms with van der Waals surface area (Å²) >= 11 is 0. The van der Waals surface area contributed by atoms with Crippen LogP contribution in [0.4, 0.5) is 0 Å². The molecule has 1 aromatic heterocycles. The molecule has 1 spiro atoms. The number of benzene rings is 1. The van der Waals surface area contributed by atoms with Gasteiger partial charge in [0.2, 0.25) is 0 Å². The summed E-state index contributed by atoms with van der Waals surface area (Å²) < 4.78 is 13.5. The molecular formula is C19H23N3O4. The van der Waals surface area contributed by atoms with Crippen molar-refractivity contribution in [3.8, 4) is 11.4 Å². The van der Waals surface area contributed by atoms with Crippen molar-refractivity contribution >= 4 is 5.91 Å². The highest BCUT2D eigenvalue weighted by Crippen LogP contribution is 2.26. The summed E-state index contributed by atoms with van der Waals surface area (Å²) in [5.41, 5.74) is 0.604. The minimum Gasteiger partial charge on any atom is -0.507 e. The molecule has 1 amide bonds. The number of nitrogens with zero attached hydrogens (tertiary/aromatic N) is 2. The van der Waals surface area contributed by atoms with Gasteiger partial charge in [-0.15, -0.1) is 0 Å². The summed E-state index contributed by atoms with van der Waals surface area (Å²) in [6, 6.07) is 8.91. The Morgan fingerprint density at radius 2 is 2.08 bits per heavy atom. The molecule has 0 radical (unpaired) electrons. The maximum atomic E-state index is 13.1. The van der Waals surface area contributed by atoms with Crippen molar-refractivity contribution in [3.63, 3.8) is 0 Å². The summed E-state index contributed by atoms with van der Waals surface area (Å²) in [4.78, 5) is 14.8. The standard InChI is InChI=1S/C19H23N3O4/c23-17-4-3-15(21-6-1-2-7-21)11-16(17)18(24)22-8-10-26-19(13-22)12-20-5-9-25-14-19/h1-4,6-7,11,20,23H,5,8-10,12-14H2/t19-/m0/s1. The zero-order chi connectivity index (χ0) is 18.0. The number of rotatable bonds is 2. The van der Waals surface area contributed by atoms with Crippen molar-refractivity contribution in [1.29, 1.82) is 0 Å². The first-order valence-corrected chi connectivity index (χ1v) is 8.85. The summed E-state index contributed by atoms with van der Waals surface area (Å²) in [6.45, 7) is 3.90. The van der Waals surface area contributed by atoms with Gasteiger partial charge in [-0.1, -0.05) is 0 Å². The molecule has 2 N–H and O–H groups in total. The highest BCUT2D eigenvalue weighted by molar-refractivity contribution is 5.97. The maximum absolute atomic E-state index is 13.1. The summed E-state index contributed by atoms with van der Waals surface area (Å²) in [5.74, 6) is -0.204. The largest absolute Gasteiger partial charge is 0.507 e. The molecule has 2 saturated heterocycles. The molecule has 7 nitrogen and oxygen atoms in total. The van der Waals surface area contributed by atoms with Crippen molar-refractivity contribution in [2.75, 3.05) is 46.0 Å². The first-order chi connectivity index (χ1) is 12.7. The number of carbonyl (C=O) groups excluding carboxylic acids is 1. The van der Waals surface area contributed by atoms with E-state index in [2.05, 4.69) is 5.32 Å². The van der Waals surface area contributed by atoms with Gasteiger partial charge >= 0.3 is 0 Å². The third-order valence-corrected chi connectivity index (χ3v) is 4.88. The molecule has 2 aliphatic heterocycles. The molecule has 2 aliphatic rings. The second kappa shape index (κ2) is 7.11. The van der Waals surface area contributed by atoms with Crippen LogP contribution in [0.5, 0.6) is 5.75 Å². The van der Waals surface area contributed by atoms with Gasteiger partial charge in [0.25, 0.3) is 5.91 Å². The summed E-state index contributed by atoms with van der Waals surface area (Å²) in [6.07, 6.45) is 3.80. The smallest absolute Gasteiger partial charge is 0.257 e. The van der Waals surface area contributed by atoms with Crippen LogP contribution in [0.15, 0.2) is 42.7 Å². The van der Waals surface area contributed by atoms with Crippen LogP contribution in [0.25, 0.3) is 5.69 Å². The van der Waals surface area contributed by atoms with Crippen molar-refractivity contribution in [2.24, 2.45) is 0 Å². The predicted octanol–water partition coefficient (Wildman–Crippen LogP) is 1.01. The van der Waals surface area contributed by atoms with E-state index in [1.807, 2.05) is 29.1 Å². The van der Waals surface area contributed by atoms with Gasteiger partial charge in [-0.25, -0.2) is 0 Å². The van der Waals surface area contributed by atoms with Gasteiger partial charge in [-0.05, 0) is 30.3 Å². The van der Waals surface area contributed by atoms with Crippen molar-refractivity contribution in [2.45, 2.75) is 5.60 Å². The zero-order valence-electron chi connectivity index (χ0n) is 14.6. The van der Waals surface area contributed by atoms with E-state index in [4.69, 9.17) is 9.47 Å². The minimum absolute atomic E-state index is 0.0123. The van der Waals surface area contributed by atoms with Crippen LogP contribution in [0.1, 0.15) is 10.4 Å². The lowest BCUT2D eigenvalue weighted by atomic mass is 10.0. The number of aromatic nitrogens is 1. The number of nitrogens with one attached hydrogen (secondary N) is 1. The number of hydrogen-bond donors (Lipinski definition) is 2. The fourth-order valence-electron chi connectivity index (χ4n) is 3.52. The van der Waals surface area contributed by atoms with E-state index in [9.17, 15) is 9.90 Å². The SMILES string of the molecule is O=C(c1cc(-n2cccc2)ccc1O)N1CCO[C@@]2(CNCCOC2)C1. The van der Waals surface area contributed by atoms with Gasteiger partial charge in [-0.3, -0.25) is 4.79 Å². The number of hydrogen-bond acceptors (Lipinski definition) is 5. The highest BCUT2D eigenvalue weighted by Gasteiger charge is 2.40. The van der Waals surface area contributed by atoms with Crippen LogP contribution in [0.2, 0.25) is 0 Å². The van der Waals surface area contributed by atoms with Crippen molar-refractivity contribution < 1.29 is 19.4 Å². The van der Waals surface area contributed by atoms with E-state index in [-0.39, 0.29) is 11.7 Å². The number of ether oxygens (including phenoxy) is 2. The molecule has 1 aromatic carbocycles. The lowest BCUT2D eigenvalue weighted by Gasteiger charge is -2.41. The average Bonchev–Trinajstić information content (AvgIpc) is 3.11. The monoisotopic (exact) mass is 357 g/mol.